The van der Waals surface area contributed by atoms with Crippen molar-refractivity contribution in [1.82, 2.24) is 25.3 Å². The Hall–Kier alpha value is -6.04. The van der Waals surface area contributed by atoms with Crippen LogP contribution < -0.4 is 10.6 Å². The summed E-state index contributed by atoms with van der Waals surface area (Å²) in [5.74, 6) is -4.82. The van der Waals surface area contributed by atoms with Crippen LogP contribution in [0.2, 0.25) is 0 Å². The van der Waals surface area contributed by atoms with Gasteiger partial charge in [0.1, 0.15) is 42.5 Å². The maximum absolute atomic E-state index is 13.9. The Morgan fingerprint density at radius 2 is 1.50 bits per heavy atom. The number of nitrogens with zero attached hydrogens (tertiary/aromatic N) is 3. The number of benzene rings is 2. The SMILES string of the molecule is C[C@@H]1C[C@@H](C(=O)O[C@@H](C)[C@H](NC(=O)OCc2ccccc2)C(=O)OCC(=O)c2ccccc2)N(C(=O)[C@H](C)NC(=O)[C@H]([C@H](C)O)N(C)C(=O)[C@@H]2CCCN2C(=O)OC(C)(C)C)C1. The number of aliphatic hydroxyl groups is 1. The minimum atomic E-state index is -1.63. The number of alkyl carbamates (subject to hydrolysis) is 1. The average molecular weight is 866 g/mol. The summed E-state index contributed by atoms with van der Waals surface area (Å²) in [6, 6.07) is 10.4. The van der Waals surface area contributed by atoms with Gasteiger partial charge in [-0.15, -0.1) is 0 Å². The first-order chi connectivity index (χ1) is 29.2. The molecule has 2 aromatic rings. The van der Waals surface area contributed by atoms with E-state index in [9.17, 15) is 43.5 Å². The Morgan fingerprint density at radius 1 is 0.871 bits per heavy atom. The molecule has 2 aliphatic heterocycles. The third-order valence-electron chi connectivity index (χ3n) is 10.4. The predicted molar refractivity (Wildman–Crippen MR) is 222 cm³/mol. The summed E-state index contributed by atoms with van der Waals surface area (Å²) in [5.41, 5.74) is 0.149. The van der Waals surface area contributed by atoms with Crippen molar-refractivity contribution in [2.75, 3.05) is 26.7 Å². The summed E-state index contributed by atoms with van der Waals surface area (Å²) >= 11 is 0. The minimum absolute atomic E-state index is 0.102. The molecule has 18 nitrogen and oxygen atoms in total. The van der Waals surface area contributed by atoms with Crippen LogP contribution in [0.25, 0.3) is 0 Å². The molecule has 0 bridgehead atoms. The molecule has 338 valence electrons. The van der Waals surface area contributed by atoms with E-state index in [0.29, 0.717) is 18.4 Å². The molecule has 2 aliphatic rings. The fourth-order valence-electron chi connectivity index (χ4n) is 7.30. The van der Waals surface area contributed by atoms with Crippen LogP contribution in [0, 0.1) is 5.92 Å². The van der Waals surface area contributed by atoms with Crippen molar-refractivity contribution in [3.63, 3.8) is 0 Å². The lowest BCUT2D eigenvalue weighted by Gasteiger charge is -2.35. The number of rotatable bonds is 16. The second-order valence-electron chi connectivity index (χ2n) is 16.8. The number of amides is 5. The molecule has 0 radical (unpaired) electrons. The molecule has 62 heavy (non-hydrogen) atoms. The molecule has 3 N–H and O–H groups in total. The van der Waals surface area contributed by atoms with Gasteiger partial charge in [0.25, 0.3) is 0 Å². The smallest absolute Gasteiger partial charge is 0.410 e. The standard InChI is InChI=1S/C44H59N5O13/c1-26-22-33(40(55)61-29(4)35(46-42(57)60-24-30-16-11-9-12-17-30)41(56)59-25-34(51)31-18-13-10-14-19-31)49(23-26)38(53)27(2)45-37(52)36(28(3)50)47(8)39(54)32-20-15-21-48(32)43(58)62-44(5,6)7/h9-14,16-19,26-29,32-33,35-36,50H,15,20-25H2,1-8H3,(H,45,52)(H,46,57)/t26-,27+,28+,29+,32+,33+,35+,36+/m1/s1. The summed E-state index contributed by atoms with van der Waals surface area (Å²) < 4.78 is 21.7. The van der Waals surface area contributed by atoms with E-state index >= 15 is 0 Å². The molecule has 0 aromatic heterocycles. The number of ketones is 1. The molecule has 0 saturated carbocycles. The third kappa shape index (κ3) is 13.2. The molecule has 2 saturated heterocycles. The first-order valence-electron chi connectivity index (χ1n) is 20.7. The van der Waals surface area contributed by atoms with Gasteiger partial charge in [-0.1, -0.05) is 67.6 Å². The molecular weight excluding hydrogens is 807 g/mol. The van der Waals surface area contributed by atoms with E-state index in [-0.39, 0.29) is 37.6 Å². The average Bonchev–Trinajstić information content (AvgIpc) is 3.88. The fourth-order valence-corrected chi connectivity index (χ4v) is 7.30. The van der Waals surface area contributed by atoms with Crippen molar-refractivity contribution in [2.45, 2.75) is 122 Å². The van der Waals surface area contributed by atoms with Gasteiger partial charge in [0.15, 0.2) is 18.4 Å². The van der Waals surface area contributed by atoms with Gasteiger partial charge in [-0.2, -0.15) is 0 Å². The number of likely N-dealkylation sites (tertiary alicyclic amines) is 2. The Labute approximate surface area is 361 Å². The van der Waals surface area contributed by atoms with Gasteiger partial charge in [-0.3, -0.25) is 24.1 Å². The summed E-state index contributed by atoms with van der Waals surface area (Å²) in [7, 11) is 1.33. The topological polar surface area (TPSA) is 227 Å². The summed E-state index contributed by atoms with van der Waals surface area (Å²) in [4.78, 5) is 111. The molecule has 0 unspecified atom stereocenters. The van der Waals surface area contributed by atoms with Crippen LogP contribution >= 0.6 is 0 Å². The van der Waals surface area contributed by atoms with Crippen molar-refractivity contribution in [1.29, 1.82) is 0 Å². The number of hydrogen-bond acceptors (Lipinski definition) is 13. The van der Waals surface area contributed by atoms with Crippen molar-refractivity contribution in [3.05, 3.63) is 71.8 Å². The van der Waals surface area contributed by atoms with Crippen LogP contribution in [0.1, 0.15) is 83.7 Å². The Bertz CT molecular complexity index is 1920. The molecular formula is C44H59N5O13. The zero-order chi connectivity index (χ0) is 45.9. The number of carbonyl (C=O) groups excluding carboxylic acids is 8. The zero-order valence-corrected chi connectivity index (χ0v) is 36.5. The number of hydrogen-bond donors (Lipinski definition) is 3. The van der Waals surface area contributed by atoms with Gasteiger partial charge in [0, 0.05) is 25.7 Å². The molecule has 5 amide bonds. The molecule has 2 heterocycles. The monoisotopic (exact) mass is 865 g/mol. The van der Waals surface area contributed by atoms with E-state index in [1.54, 1.807) is 81.4 Å². The largest absolute Gasteiger partial charge is 0.458 e. The maximum atomic E-state index is 13.9. The van der Waals surface area contributed by atoms with Crippen molar-refractivity contribution in [2.24, 2.45) is 5.92 Å². The highest BCUT2D eigenvalue weighted by Crippen LogP contribution is 2.27. The van der Waals surface area contributed by atoms with Crippen molar-refractivity contribution >= 4 is 47.6 Å². The second kappa shape index (κ2) is 21.7. The molecule has 4 rings (SSSR count). The Morgan fingerprint density at radius 3 is 2.11 bits per heavy atom. The number of nitrogens with one attached hydrogen (secondary N) is 2. The number of aliphatic hydroxyl groups excluding tert-OH is 1. The highest BCUT2D eigenvalue weighted by Gasteiger charge is 2.45. The van der Waals surface area contributed by atoms with Gasteiger partial charge in [0.2, 0.25) is 17.7 Å². The number of likely N-dealkylation sites (N-methyl/N-ethyl adjacent to an activating group) is 1. The van der Waals surface area contributed by atoms with E-state index in [1.165, 1.54) is 37.6 Å². The van der Waals surface area contributed by atoms with Crippen LogP contribution in [-0.4, -0.2) is 142 Å². The van der Waals surface area contributed by atoms with Crippen LogP contribution in [0.15, 0.2) is 60.7 Å². The lowest BCUT2D eigenvalue weighted by molar-refractivity contribution is -0.163. The van der Waals surface area contributed by atoms with Crippen LogP contribution in [0.5, 0.6) is 0 Å². The number of ether oxygens (including phenoxy) is 4. The van der Waals surface area contributed by atoms with E-state index in [4.69, 9.17) is 18.9 Å². The molecule has 18 heteroatoms. The van der Waals surface area contributed by atoms with Crippen molar-refractivity contribution in [3.8, 4) is 0 Å². The lowest BCUT2D eigenvalue weighted by Crippen LogP contribution is -2.60. The number of Topliss-reactive ketones (excluding diaryl/α,β-unsaturated/α-hetero) is 1. The first-order valence-corrected chi connectivity index (χ1v) is 20.7. The zero-order valence-electron chi connectivity index (χ0n) is 36.5. The second-order valence-corrected chi connectivity index (χ2v) is 16.8. The maximum Gasteiger partial charge on any atom is 0.410 e. The highest BCUT2D eigenvalue weighted by molar-refractivity contribution is 5.98. The number of esters is 2. The van der Waals surface area contributed by atoms with Crippen LogP contribution in [0.3, 0.4) is 0 Å². The van der Waals surface area contributed by atoms with Gasteiger partial charge in [-0.25, -0.2) is 19.2 Å². The third-order valence-corrected chi connectivity index (χ3v) is 10.4. The lowest BCUT2D eigenvalue weighted by atomic mass is 10.1. The summed E-state index contributed by atoms with van der Waals surface area (Å²) in [6.07, 6.45) is -3.48. The van der Waals surface area contributed by atoms with Gasteiger partial charge < -0.3 is 44.5 Å². The minimum Gasteiger partial charge on any atom is -0.458 e. The van der Waals surface area contributed by atoms with E-state index in [1.807, 2.05) is 6.92 Å². The number of carbonyl (C=O) groups is 8. The quantitative estimate of drug-likeness (QED) is 0.126. The molecule has 0 aliphatic carbocycles. The molecule has 2 fully saturated rings. The van der Waals surface area contributed by atoms with Crippen molar-refractivity contribution < 1.29 is 62.4 Å². The van der Waals surface area contributed by atoms with E-state index in [2.05, 4.69) is 10.6 Å². The van der Waals surface area contributed by atoms with Crippen LogP contribution in [0.4, 0.5) is 9.59 Å². The summed E-state index contributed by atoms with van der Waals surface area (Å²) in [5, 5.41) is 15.6. The van der Waals surface area contributed by atoms with Crippen LogP contribution in [-0.2, 0) is 49.5 Å². The van der Waals surface area contributed by atoms with E-state index in [0.717, 1.165) is 4.90 Å². The van der Waals surface area contributed by atoms with Gasteiger partial charge in [0.05, 0.1) is 6.10 Å². The van der Waals surface area contributed by atoms with Gasteiger partial charge in [-0.05, 0) is 72.3 Å². The van der Waals surface area contributed by atoms with Gasteiger partial charge >= 0.3 is 24.1 Å². The Balaban J connectivity index is 1.43. The normalized spacial score (nSPS) is 19.8. The highest BCUT2D eigenvalue weighted by atomic mass is 16.6. The fraction of sp³-hybridized carbons (Fsp3) is 0.545. The molecule has 2 aromatic carbocycles. The predicted octanol–water partition coefficient (Wildman–Crippen LogP) is 2.99. The first kappa shape index (κ1) is 48.6. The summed E-state index contributed by atoms with van der Waals surface area (Å²) in [6.45, 7) is 10.5. The molecule has 8 atom stereocenters. The Kier molecular flexibility index (Phi) is 17.0. The molecule has 0 spiro atoms. The van der Waals surface area contributed by atoms with E-state index < -0.39 is 102 Å².